The van der Waals surface area contributed by atoms with Crippen LogP contribution in [0.15, 0.2) is 71.3 Å². The highest BCUT2D eigenvalue weighted by Crippen LogP contribution is 2.26. The third-order valence-electron chi connectivity index (χ3n) is 4.73. The van der Waals surface area contributed by atoms with Crippen LogP contribution < -0.4 is 9.47 Å². The molecule has 0 bridgehead atoms. The average Bonchev–Trinajstić information content (AvgIpc) is 3.40. The lowest BCUT2D eigenvalue weighted by atomic mass is 10.3. The monoisotopic (exact) mass is 388 g/mol. The summed E-state index contributed by atoms with van der Waals surface area (Å²) >= 11 is 0. The van der Waals surface area contributed by atoms with Crippen LogP contribution in [-0.4, -0.2) is 23.3 Å². The summed E-state index contributed by atoms with van der Waals surface area (Å²) in [7, 11) is 1.66. The van der Waals surface area contributed by atoms with Gasteiger partial charge in [-0.3, -0.25) is 0 Å². The number of hydrogen-bond donors (Lipinski definition) is 0. The molecule has 0 saturated heterocycles. The Bertz CT molecular complexity index is 1080. The van der Waals surface area contributed by atoms with Crippen LogP contribution in [0.3, 0.4) is 0 Å². The Labute approximate surface area is 170 Å². The van der Waals surface area contributed by atoms with E-state index in [-0.39, 0.29) is 0 Å². The smallest absolute Gasteiger partial charge is 0.161 e. The van der Waals surface area contributed by atoms with Crippen molar-refractivity contribution in [3.8, 4) is 11.5 Å². The number of nitrogens with zero attached hydrogens (tertiary/aromatic N) is 2. The van der Waals surface area contributed by atoms with Crippen LogP contribution in [0.25, 0.3) is 23.2 Å². The molecule has 0 aliphatic heterocycles. The fourth-order valence-corrected chi connectivity index (χ4v) is 3.29. The van der Waals surface area contributed by atoms with E-state index in [9.17, 15) is 0 Å². The first kappa shape index (κ1) is 18.9. The van der Waals surface area contributed by atoms with E-state index in [1.54, 1.807) is 13.4 Å². The number of rotatable bonds is 9. The Morgan fingerprint density at radius 3 is 2.59 bits per heavy atom. The van der Waals surface area contributed by atoms with E-state index < -0.39 is 0 Å². The van der Waals surface area contributed by atoms with Gasteiger partial charge >= 0.3 is 0 Å². The molecule has 0 aliphatic rings. The number of aryl methyl sites for hydroxylation is 1. The Morgan fingerprint density at radius 2 is 1.76 bits per heavy atom. The first-order valence-electron chi connectivity index (χ1n) is 9.78. The molecule has 2 aromatic carbocycles. The van der Waals surface area contributed by atoms with E-state index in [1.165, 1.54) is 0 Å². The van der Waals surface area contributed by atoms with Gasteiger partial charge < -0.3 is 18.5 Å². The molecule has 0 radical (unpaired) electrons. The number of ether oxygens (including phenoxy) is 2. The van der Waals surface area contributed by atoms with Gasteiger partial charge in [-0.15, -0.1) is 0 Å². The van der Waals surface area contributed by atoms with Gasteiger partial charge in [-0.1, -0.05) is 24.3 Å². The van der Waals surface area contributed by atoms with Gasteiger partial charge in [-0.25, -0.2) is 4.98 Å². The summed E-state index contributed by atoms with van der Waals surface area (Å²) < 4.78 is 18.9. The fraction of sp³-hybridized carbons (Fsp3) is 0.208. The largest absolute Gasteiger partial charge is 0.493 e. The molecule has 0 saturated carbocycles. The molecule has 2 heterocycles. The van der Waals surface area contributed by atoms with E-state index in [4.69, 9.17) is 18.9 Å². The summed E-state index contributed by atoms with van der Waals surface area (Å²) in [5.41, 5.74) is 2.13. The second-order valence-corrected chi connectivity index (χ2v) is 6.67. The van der Waals surface area contributed by atoms with E-state index in [1.807, 2.05) is 66.7 Å². The lowest BCUT2D eigenvalue weighted by Crippen LogP contribution is -2.04. The maximum Gasteiger partial charge on any atom is 0.161 e. The molecule has 4 aromatic rings. The summed E-state index contributed by atoms with van der Waals surface area (Å²) in [5.74, 6) is 3.28. The first-order chi connectivity index (χ1) is 14.3. The maximum absolute atomic E-state index is 5.89. The Hall–Kier alpha value is -3.47. The molecule has 5 nitrogen and oxygen atoms in total. The fourth-order valence-electron chi connectivity index (χ4n) is 3.29. The number of imidazole rings is 1. The van der Waals surface area contributed by atoms with Crippen molar-refractivity contribution in [1.82, 2.24) is 9.55 Å². The average molecular weight is 388 g/mol. The minimum absolute atomic E-state index is 0.643. The summed E-state index contributed by atoms with van der Waals surface area (Å²) in [6.45, 7) is 1.51. The third-order valence-corrected chi connectivity index (χ3v) is 4.73. The standard InChI is InChI=1S/C24H24N2O3/c1-27-22-12-4-5-13-23(22)29-17-7-6-16-26-21-11-3-2-10-20(21)25-24(26)15-14-19-9-8-18-28-19/h2-5,8-15,18H,6-7,16-17H2,1H3/b15-14+. The second-order valence-electron chi connectivity index (χ2n) is 6.67. The van der Waals surface area contributed by atoms with Crippen molar-refractivity contribution in [1.29, 1.82) is 0 Å². The normalized spacial score (nSPS) is 11.3. The van der Waals surface area contributed by atoms with Gasteiger partial charge in [-0.05, 0) is 61.4 Å². The number of fused-ring (bicyclic) bond motifs is 1. The molecular formula is C24H24N2O3. The van der Waals surface area contributed by atoms with Crippen molar-refractivity contribution in [2.75, 3.05) is 13.7 Å². The van der Waals surface area contributed by atoms with Crippen molar-refractivity contribution in [2.24, 2.45) is 0 Å². The van der Waals surface area contributed by atoms with E-state index in [0.717, 1.165) is 53.5 Å². The van der Waals surface area contributed by atoms with Crippen molar-refractivity contribution in [3.05, 3.63) is 78.5 Å². The van der Waals surface area contributed by atoms with Crippen molar-refractivity contribution in [3.63, 3.8) is 0 Å². The molecule has 0 aliphatic carbocycles. The van der Waals surface area contributed by atoms with Crippen LogP contribution in [0.1, 0.15) is 24.4 Å². The molecule has 0 amide bonds. The molecule has 148 valence electrons. The van der Waals surface area contributed by atoms with E-state index >= 15 is 0 Å². The molecule has 0 fully saturated rings. The summed E-state index contributed by atoms with van der Waals surface area (Å²) in [6, 6.07) is 19.7. The number of methoxy groups -OCH3 is 1. The molecule has 5 heteroatoms. The zero-order valence-electron chi connectivity index (χ0n) is 16.5. The lowest BCUT2D eigenvalue weighted by Gasteiger charge is -2.11. The summed E-state index contributed by atoms with van der Waals surface area (Å²) in [5, 5.41) is 0. The molecule has 4 rings (SSSR count). The second kappa shape index (κ2) is 9.15. The predicted molar refractivity (Wildman–Crippen MR) is 115 cm³/mol. The number of furan rings is 1. The van der Waals surface area contributed by atoms with Crippen LogP contribution in [0.4, 0.5) is 0 Å². The topological polar surface area (TPSA) is 49.4 Å². The zero-order chi connectivity index (χ0) is 19.9. The summed E-state index contributed by atoms with van der Waals surface area (Å²) in [4.78, 5) is 4.77. The van der Waals surface area contributed by atoms with Gasteiger partial charge in [0.05, 0.1) is 31.0 Å². The van der Waals surface area contributed by atoms with Crippen molar-refractivity contribution >= 4 is 23.2 Å². The molecule has 0 unspecified atom stereocenters. The highest BCUT2D eigenvalue weighted by atomic mass is 16.5. The van der Waals surface area contributed by atoms with Gasteiger partial charge in [0, 0.05) is 6.54 Å². The maximum atomic E-state index is 5.89. The quantitative estimate of drug-likeness (QED) is 0.347. The Balaban J connectivity index is 1.41. The van der Waals surface area contributed by atoms with Crippen LogP contribution in [-0.2, 0) is 6.54 Å². The van der Waals surface area contributed by atoms with E-state index in [0.29, 0.717) is 6.61 Å². The van der Waals surface area contributed by atoms with Crippen LogP contribution >= 0.6 is 0 Å². The van der Waals surface area contributed by atoms with Gasteiger partial charge in [0.15, 0.2) is 11.5 Å². The van der Waals surface area contributed by atoms with Crippen LogP contribution in [0, 0.1) is 0 Å². The van der Waals surface area contributed by atoms with Gasteiger partial charge in [-0.2, -0.15) is 0 Å². The SMILES string of the molecule is COc1ccccc1OCCCCn1c(/C=C/c2ccco2)nc2ccccc21. The molecule has 29 heavy (non-hydrogen) atoms. The Morgan fingerprint density at radius 1 is 0.931 bits per heavy atom. The number of unbranched alkanes of at least 4 members (excludes halogenated alkanes) is 1. The van der Waals surface area contributed by atoms with Gasteiger partial charge in [0.2, 0.25) is 0 Å². The van der Waals surface area contributed by atoms with Crippen molar-refractivity contribution in [2.45, 2.75) is 19.4 Å². The molecular weight excluding hydrogens is 364 g/mol. The number of aromatic nitrogens is 2. The molecule has 0 spiro atoms. The van der Waals surface area contributed by atoms with Gasteiger partial charge in [0.1, 0.15) is 11.6 Å². The lowest BCUT2D eigenvalue weighted by molar-refractivity contribution is 0.284. The van der Waals surface area contributed by atoms with Crippen LogP contribution in [0.2, 0.25) is 0 Å². The minimum atomic E-state index is 0.643. The Kier molecular flexibility index (Phi) is 5.95. The number of para-hydroxylation sites is 4. The number of benzene rings is 2. The highest BCUT2D eigenvalue weighted by Gasteiger charge is 2.08. The van der Waals surface area contributed by atoms with E-state index in [2.05, 4.69) is 10.6 Å². The minimum Gasteiger partial charge on any atom is -0.493 e. The van der Waals surface area contributed by atoms with Gasteiger partial charge in [0.25, 0.3) is 0 Å². The van der Waals surface area contributed by atoms with Crippen LogP contribution in [0.5, 0.6) is 11.5 Å². The predicted octanol–water partition coefficient (Wildman–Crippen LogP) is 5.67. The summed E-state index contributed by atoms with van der Waals surface area (Å²) in [6.07, 6.45) is 7.54. The number of hydrogen-bond acceptors (Lipinski definition) is 4. The third kappa shape index (κ3) is 4.51. The zero-order valence-corrected chi connectivity index (χ0v) is 16.5. The first-order valence-corrected chi connectivity index (χ1v) is 9.78. The molecule has 0 atom stereocenters. The molecule has 2 aromatic heterocycles. The van der Waals surface area contributed by atoms with Crippen molar-refractivity contribution < 1.29 is 13.9 Å². The highest BCUT2D eigenvalue weighted by molar-refractivity contribution is 5.79. The molecule has 0 N–H and O–H groups in total.